The van der Waals surface area contributed by atoms with E-state index in [2.05, 4.69) is 25.6 Å². The van der Waals surface area contributed by atoms with E-state index in [1.807, 2.05) is 26.0 Å². The van der Waals surface area contributed by atoms with Crippen molar-refractivity contribution in [2.24, 2.45) is 17.3 Å². The van der Waals surface area contributed by atoms with Crippen molar-refractivity contribution in [2.75, 3.05) is 11.9 Å². The molecule has 9 nitrogen and oxygen atoms in total. The summed E-state index contributed by atoms with van der Waals surface area (Å²) >= 11 is 0. The van der Waals surface area contributed by atoms with E-state index in [0.717, 1.165) is 28.8 Å². The number of nitrogens with one attached hydrogen (secondary N) is 3. The molecule has 0 bridgehead atoms. The van der Waals surface area contributed by atoms with Crippen LogP contribution < -0.4 is 15.4 Å². The highest BCUT2D eigenvalue weighted by Gasteiger charge is 2.57. The van der Waals surface area contributed by atoms with Crippen LogP contribution >= 0.6 is 0 Å². The zero-order valence-corrected chi connectivity index (χ0v) is 27.7. The Labute approximate surface area is 275 Å². The standard InChI is InChI=1S/C34H42F5N5O4/c1-18-6-7-20(16-40-31(46)48-32(3,4)5)19(2)27(18)42-30-41-24-14-23(29(43-28(24)44-30)47-17-26(35)36)25(45)9-8-22-15-33(22)12-10-21(11-13-33)34(37,38)39/h6-7,14,21-22,26H,8-13,15-17H2,1-5H3,(H,40,46)(H2,41,42,43,44)/t21?,22-,33?/m1/s1. The Bertz CT molecular complexity index is 1660. The topological polar surface area (TPSA) is 118 Å². The van der Waals surface area contributed by atoms with Gasteiger partial charge >= 0.3 is 12.3 Å². The summed E-state index contributed by atoms with van der Waals surface area (Å²) in [6.45, 7) is 8.40. The van der Waals surface area contributed by atoms with Crippen molar-refractivity contribution in [3.05, 3.63) is 40.5 Å². The fourth-order valence-corrected chi connectivity index (χ4v) is 6.72. The maximum Gasteiger partial charge on any atom is 0.407 e. The van der Waals surface area contributed by atoms with E-state index in [4.69, 9.17) is 9.47 Å². The van der Waals surface area contributed by atoms with Gasteiger partial charge in [0.2, 0.25) is 11.8 Å². The number of Topliss-reactive ketones (excluding diaryl/α,β-unsaturated/α-hetero) is 1. The van der Waals surface area contributed by atoms with E-state index in [0.29, 0.717) is 30.7 Å². The van der Waals surface area contributed by atoms with Gasteiger partial charge in [-0.1, -0.05) is 12.1 Å². The van der Waals surface area contributed by atoms with Crippen molar-refractivity contribution in [1.82, 2.24) is 20.3 Å². The predicted molar refractivity (Wildman–Crippen MR) is 170 cm³/mol. The van der Waals surface area contributed by atoms with Gasteiger partial charge in [0, 0.05) is 18.7 Å². The number of aryl methyl sites for hydroxylation is 1. The number of pyridine rings is 1. The number of carbonyl (C=O) groups excluding carboxylic acids is 2. The van der Waals surface area contributed by atoms with Crippen molar-refractivity contribution < 1.29 is 41.0 Å². The van der Waals surface area contributed by atoms with Crippen LogP contribution in [0.2, 0.25) is 0 Å². The molecule has 0 radical (unpaired) electrons. The molecule has 2 saturated carbocycles. The fourth-order valence-electron chi connectivity index (χ4n) is 6.72. The van der Waals surface area contributed by atoms with E-state index in [1.165, 1.54) is 6.07 Å². The fraction of sp³-hybridized carbons (Fsp3) is 0.588. The SMILES string of the molecule is Cc1ccc(CNC(=O)OC(C)(C)C)c(C)c1Nc1nc2nc(OCC(F)F)c(C(=O)CC[C@@H]3CC34CCC(C(F)(F)F)CC4)cc2[nH]1. The maximum absolute atomic E-state index is 13.4. The zero-order chi connectivity index (χ0) is 35.0. The monoisotopic (exact) mass is 679 g/mol. The summed E-state index contributed by atoms with van der Waals surface area (Å²) in [7, 11) is 0. The molecule has 2 heterocycles. The van der Waals surface area contributed by atoms with Gasteiger partial charge in [-0.2, -0.15) is 23.1 Å². The second kappa shape index (κ2) is 13.5. The molecule has 1 amide bonds. The van der Waals surface area contributed by atoms with E-state index >= 15 is 0 Å². The zero-order valence-electron chi connectivity index (χ0n) is 27.7. The lowest BCUT2D eigenvalue weighted by atomic mass is 9.77. The number of H-pyrrole nitrogens is 1. The Balaban J connectivity index is 1.29. The van der Waals surface area contributed by atoms with Gasteiger partial charge in [-0.3, -0.25) is 4.79 Å². The molecule has 1 spiro atoms. The number of alkyl halides is 5. The third-order valence-corrected chi connectivity index (χ3v) is 9.46. The van der Waals surface area contributed by atoms with Crippen LogP contribution in [0.25, 0.3) is 11.2 Å². The maximum atomic E-state index is 13.4. The smallest absolute Gasteiger partial charge is 0.407 e. The molecule has 5 rings (SSSR count). The number of aromatic amines is 1. The van der Waals surface area contributed by atoms with Gasteiger partial charge in [0.05, 0.1) is 17.0 Å². The van der Waals surface area contributed by atoms with Crippen molar-refractivity contribution in [2.45, 2.75) is 104 Å². The van der Waals surface area contributed by atoms with Crippen LogP contribution in [-0.2, 0) is 11.3 Å². The number of anilines is 2. The van der Waals surface area contributed by atoms with Crippen LogP contribution in [0.4, 0.5) is 38.4 Å². The number of rotatable bonds is 11. The van der Waals surface area contributed by atoms with Crippen molar-refractivity contribution in [3.63, 3.8) is 0 Å². The number of halogens is 5. The third kappa shape index (κ3) is 8.35. The predicted octanol–water partition coefficient (Wildman–Crippen LogP) is 8.71. The number of benzene rings is 1. The molecule has 14 heteroatoms. The summed E-state index contributed by atoms with van der Waals surface area (Å²) in [6.07, 6.45) is -4.90. The molecule has 48 heavy (non-hydrogen) atoms. The Morgan fingerprint density at radius 1 is 1.10 bits per heavy atom. The summed E-state index contributed by atoms with van der Waals surface area (Å²) in [5.41, 5.74) is 3.11. The van der Waals surface area contributed by atoms with Crippen LogP contribution in [0.5, 0.6) is 5.88 Å². The molecular formula is C34H42F5N5O4. The number of ether oxygens (including phenoxy) is 2. The van der Waals surface area contributed by atoms with E-state index < -0.39 is 36.8 Å². The average Bonchev–Trinajstić information content (AvgIpc) is 3.49. The minimum Gasteiger partial charge on any atom is -0.471 e. The minimum absolute atomic E-state index is 0.0383. The first-order valence-electron chi connectivity index (χ1n) is 16.2. The number of carbonyl (C=O) groups is 2. The number of nitrogens with zero attached hydrogens (tertiary/aromatic N) is 2. The molecule has 1 atom stereocenters. The first-order chi connectivity index (χ1) is 22.4. The quantitative estimate of drug-likeness (QED) is 0.137. The van der Waals surface area contributed by atoms with Gasteiger partial charge in [0.1, 0.15) is 5.60 Å². The van der Waals surface area contributed by atoms with Crippen LogP contribution in [0.1, 0.15) is 92.8 Å². The van der Waals surface area contributed by atoms with E-state index in [1.54, 1.807) is 20.8 Å². The molecule has 0 aliphatic heterocycles. The van der Waals surface area contributed by atoms with Gasteiger partial charge < -0.3 is 25.1 Å². The largest absolute Gasteiger partial charge is 0.471 e. The van der Waals surface area contributed by atoms with Gasteiger partial charge in [0.15, 0.2) is 18.0 Å². The second-order valence-corrected chi connectivity index (χ2v) is 14.1. The summed E-state index contributed by atoms with van der Waals surface area (Å²) < 4.78 is 76.2. The van der Waals surface area contributed by atoms with Crippen molar-refractivity contribution in [1.29, 1.82) is 0 Å². The molecule has 2 aliphatic carbocycles. The number of fused-ring (bicyclic) bond motifs is 1. The second-order valence-electron chi connectivity index (χ2n) is 14.1. The van der Waals surface area contributed by atoms with Crippen LogP contribution in [-0.4, -0.2) is 51.6 Å². The van der Waals surface area contributed by atoms with E-state index in [-0.39, 0.29) is 60.0 Å². The Morgan fingerprint density at radius 3 is 2.46 bits per heavy atom. The lowest BCUT2D eigenvalue weighted by molar-refractivity contribution is -0.185. The molecule has 1 aromatic carbocycles. The number of aromatic nitrogens is 3. The molecule has 262 valence electrons. The first-order valence-corrected chi connectivity index (χ1v) is 16.2. The molecule has 2 aliphatic rings. The normalized spacial score (nSPS) is 21.1. The first kappa shape index (κ1) is 35.3. The van der Waals surface area contributed by atoms with Gasteiger partial charge in [-0.15, -0.1) is 0 Å². The van der Waals surface area contributed by atoms with Crippen LogP contribution in [0.15, 0.2) is 18.2 Å². The molecule has 3 aromatic rings. The lowest BCUT2D eigenvalue weighted by Gasteiger charge is -2.30. The molecule has 2 aromatic heterocycles. The van der Waals surface area contributed by atoms with E-state index in [9.17, 15) is 31.5 Å². The Morgan fingerprint density at radius 2 is 1.81 bits per heavy atom. The summed E-state index contributed by atoms with van der Waals surface area (Å²) in [5.74, 6) is -1.41. The van der Waals surface area contributed by atoms with Gasteiger partial charge in [-0.05, 0) is 107 Å². The summed E-state index contributed by atoms with van der Waals surface area (Å²) in [5, 5.41) is 6.00. The number of imidazole rings is 1. The van der Waals surface area contributed by atoms with Crippen molar-refractivity contribution in [3.8, 4) is 5.88 Å². The highest BCUT2D eigenvalue weighted by Crippen LogP contribution is 2.64. The number of hydrogen-bond donors (Lipinski definition) is 3. The number of ketones is 1. The number of hydrogen-bond acceptors (Lipinski definition) is 7. The van der Waals surface area contributed by atoms with Crippen LogP contribution in [0.3, 0.4) is 0 Å². The van der Waals surface area contributed by atoms with Crippen LogP contribution in [0, 0.1) is 31.1 Å². The molecular weight excluding hydrogens is 637 g/mol. The third-order valence-electron chi connectivity index (χ3n) is 9.46. The van der Waals surface area contributed by atoms with Crippen molar-refractivity contribution >= 4 is 34.7 Å². The summed E-state index contributed by atoms with van der Waals surface area (Å²) in [4.78, 5) is 37.4. The average molecular weight is 680 g/mol. The minimum atomic E-state index is -4.17. The lowest BCUT2D eigenvalue weighted by Crippen LogP contribution is -2.32. The molecule has 0 saturated heterocycles. The Kier molecular flexibility index (Phi) is 9.94. The number of amides is 1. The van der Waals surface area contributed by atoms with Gasteiger partial charge in [0.25, 0.3) is 6.43 Å². The Hall–Kier alpha value is -3.97. The molecule has 2 fully saturated rings. The van der Waals surface area contributed by atoms with Gasteiger partial charge in [-0.25, -0.2) is 13.6 Å². The highest BCUT2D eigenvalue weighted by molar-refractivity contribution is 6.00. The molecule has 0 unspecified atom stereocenters. The summed E-state index contributed by atoms with van der Waals surface area (Å²) in [6, 6.07) is 5.28. The molecule has 3 N–H and O–H groups in total. The number of alkyl carbamates (subject to hydrolysis) is 1. The highest BCUT2D eigenvalue weighted by atomic mass is 19.4.